The first-order chi connectivity index (χ1) is 18.2. The number of nitrogens with zero attached hydrogens (tertiary/aromatic N) is 1. The molecule has 2 aromatic rings. The van der Waals surface area contributed by atoms with Crippen molar-refractivity contribution in [3.63, 3.8) is 0 Å². The average Bonchev–Trinajstić information content (AvgIpc) is 2.90. The number of hydrogen-bond donors (Lipinski definition) is 2. The highest BCUT2D eigenvalue weighted by Gasteiger charge is 2.49. The Labute approximate surface area is 235 Å². The maximum Gasteiger partial charge on any atom is 0.256 e. The average molecular weight is 643 g/mol. The third-order valence-corrected chi connectivity index (χ3v) is 9.24. The van der Waals surface area contributed by atoms with Crippen LogP contribution < -0.4 is 10.6 Å². The maximum atomic E-state index is 14.8. The van der Waals surface area contributed by atoms with Crippen molar-refractivity contribution in [2.75, 3.05) is 25.0 Å². The fourth-order valence-electron chi connectivity index (χ4n) is 6.55. The number of likely N-dealkylation sites (tertiary alicyclic amines) is 1. The van der Waals surface area contributed by atoms with Gasteiger partial charge in [0.05, 0.1) is 36.6 Å². The number of carbonyl (C=O) groups excluding carboxylic acids is 1. The second kappa shape index (κ2) is 11.7. The number of benzene rings is 2. The molecule has 38 heavy (non-hydrogen) atoms. The van der Waals surface area contributed by atoms with Gasteiger partial charge in [-0.05, 0) is 77.6 Å². The third kappa shape index (κ3) is 5.99. The van der Waals surface area contributed by atoms with Gasteiger partial charge in [0.25, 0.3) is 5.91 Å². The molecule has 5 nitrogen and oxygen atoms in total. The first-order valence-corrected chi connectivity index (χ1v) is 14.8. The molecule has 1 saturated heterocycles. The molecule has 2 unspecified atom stereocenters. The predicted octanol–water partition coefficient (Wildman–Crippen LogP) is 6.10. The summed E-state index contributed by atoms with van der Waals surface area (Å²) in [5, 5.41) is 15.2. The quantitative estimate of drug-likeness (QED) is 0.284. The molecule has 4 N–H and O–H groups in total. The fourth-order valence-corrected chi connectivity index (χ4v) is 7.01. The molecule has 0 spiro atoms. The minimum Gasteiger partial charge on any atom is -0.437 e. The van der Waals surface area contributed by atoms with Crippen LogP contribution in [-0.4, -0.2) is 47.2 Å². The topological polar surface area (TPSA) is 67.3 Å². The summed E-state index contributed by atoms with van der Waals surface area (Å²) in [4.78, 5) is 14.8. The van der Waals surface area contributed by atoms with E-state index < -0.39 is 34.6 Å². The Morgan fingerprint density at radius 1 is 0.974 bits per heavy atom. The lowest BCUT2D eigenvalue weighted by atomic mass is 9.71. The smallest absolute Gasteiger partial charge is 0.256 e. The minimum absolute atomic E-state index is 0.0494. The van der Waals surface area contributed by atoms with Gasteiger partial charge in [-0.3, -0.25) is 4.79 Å². The molecule has 9 heteroatoms. The molecule has 0 bridgehead atoms. The normalized spacial score (nSPS) is 23.7. The van der Waals surface area contributed by atoms with E-state index in [0.29, 0.717) is 22.1 Å². The lowest BCUT2D eigenvalue weighted by molar-refractivity contribution is -0.0817. The first kappa shape index (κ1) is 27.7. The molecular weight excluding hydrogens is 606 g/mol. The number of rotatable bonds is 7. The summed E-state index contributed by atoms with van der Waals surface area (Å²) < 4.78 is 43.9. The molecule has 2 saturated carbocycles. The van der Waals surface area contributed by atoms with Gasteiger partial charge in [-0.1, -0.05) is 44.9 Å². The highest BCUT2D eigenvalue weighted by Crippen LogP contribution is 2.39. The van der Waals surface area contributed by atoms with E-state index in [9.17, 15) is 18.0 Å². The van der Waals surface area contributed by atoms with E-state index in [0.717, 1.165) is 18.4 Å². The lowest BCUT2D eigenvalue weighted by Gasteiger charge is -2.45. The monoisotopic (exact) mass is 642 g/mol. The Morgan fingerprint density at radius 3 is 2.42 bits per heavy atom. The Bertz CT molecular complexity index is 1170. The number of amides is 1. The van der Waals surface area contributed by atoms with E-state index in [-0.39, 0.29) is 24.3 Å². The van der Waals surface area contributed by atoms with E-state index in [2.05, 4.69) is 10.6 Å². The van der Waals surface area contributed by atoms with Gasteiger partial charge in [-0.2, -0.15) is 0 Å². The predicted molar refractivity (Wildman–Crippen MR) is 151 cm³/mol. The molecule has 0 aromatic heterocycles. The molecular formula is C29H36F3IN3O2+. The van der Waals surface area contributed by atoms with Crippen molar-refractivity contribution in [1.82, 2.24) is 10.2 Å². The van der Waals surface area contributed by atoms with Gasteiger partial charge < -0.3 is 20.6 Å². The fraction of sp³-hybridized carbons (Fsp3) is 0.552. The Balaban J connectivity index is 1.23. The molecule has 1 aliphatic heterocycles. The van der Waals surface area contributed by atoms with E-state index >= 15 is 0 Å². The molecule has 1 amide bonds. The number of halogens is 4. The van der Waals surface area contributed by atoms with Gasteiger partial charge in [0, 0.05) is 9.61 Å². The molecule has 1 heterocycles. The third-order valence-electron chi connectivity index (χ3n) is 8.57. The summed E-state index contributed by atoms with van der Waals surface area (Å²) >= 11 is 1.95. The second-order valence-electron chi connectivity index (χ2n) is 11.3. The number of anilines is 2. The molecule has 3 aliphatic rings. The molecule has 2 atom stereocenters. The van der Waals surface area contributed by atoms with Crippen LogP contribution in [0.1, 0.15) is 68.1 Å². The highest BCUT2D eigenvalue weighted by atomic mass is 127. The molecule has 2 aliphatic carbocycles. The molecule has 206 valence electrons. The van der Waals surface area contributed by atoms with Crippen molar-refractivity contribution >= 4 is 39.9 Å². The SMILES string of the molecule is O=C(c1ccc(F)c(F)c1Nc1ccc(I)cc1F)N1CC([OH2+])(CNC2CCCCC2C2CCCCC2)C1. The van der Waals surface area contributed by atoms with E-state index in [4.69, 9.17) is 5.11 Å². The maximum absolute atomic E-state index is 14.8. The molecule has 2 aromatic carbocycles. The zero-order valence-corrected chi connectivity index (χ0v) is 23.6. The molecule has 3 fully saturated rings. The van der Waals surface area contributed by atoms with Crippen LogP contribution in [0.4, 0.5) is 24.5 Å². The van der Waals surface area contributed by atoms with Crippen LogP contribution in [0, 0.1) is 32.9 Å². The van der Waals surface area contributed by atoms with Crippen LogP contribution in [0.2, 0.25) is 0 Å². The number of nitrogens with one attached hydrogen (secondary N) is 2. The van der Waals surface area contributed by atoms with Crippen LogP contribution >= 0.6 is 22.6 Å². The second-order valence-corrected chi connectivity index (χ2v) is 12.6. The Hall–Kier alpha value is -1.85. The summed E-state index contributed by atoms with van der Waals surface area (Å²) in [5.74, 6) is -2.05. The van der Waals surface area contributed by atoms with E-state index in [1.807, 2.05) is 22.6 Å². The standard InChI is InChI=1S/C29H35F3IN3O2/c30-22-12-11-21(27(26(22)32)35-25-13-10-19(33)14-23(25)31)28(37)36-16-29(38,17-36)15-34-24-9-5-4-8-20(24)18-6-2-1-3-7-18/h10-14,18,20,24,34-35,38H,1-9,15-17H2/p+1. The van der Waals surface area contributed by atoms with Gasteiger partial charge >= 0.3 is 0 Å². The van der Waals surface area contributed by atoms with Gasteiger partial charge in [0.2, 0.25) is 5.60 Å². The van der Waals surface area contributed by atoms with Crippen molar-refractivity contribution in [3.05, 3.63) is 56.9 Å². The Morgan fingerprint density at radius 2 is 1.68 bits per heavy atom. The number of hydrogen-bond acceptors (Lipinski definition) is 3. The van der Waals surface area contributed by atoms with Crippen molar-refractivity contribution in [3.8, 4) is 0 Å². The largest absolute Gasteiger partial charge is 0.437 e. The zero-order valence-electron chi connectivity index (χ0n) is 21.5. The molecule has 0 radical (unpaired) electrons. The van der Waals surface area contributed by atoms with Gasteiger partial charge in [0.1, 0.15) is 5.82 Å². The van der Waals surface area contributed by atoms with Crippen LogP contribution in [0.25, 0.3) is 0 Å². The van der Waals surface area contributed by atoms with Crippen LogP contribution in [-0.2, 0) is 0 Å². The zero-order chi connectivity index (χ0) is 26.9. The highest BCUT2D eigenvalue weighted by molar-refractivity contribution is 14.1. The van der Waals surface area contributed by atoms with Crippen molar-refractivity contribution in [2.24, 2.45) is 11.8 Å². The summed E-state index contributed by atoms with van der Waals surface area (Å²) in [6, 6.07) is 6.86. The lowest BCUT2D eigenvalue weighted by Crippen LogP contribution is -2.68. The van der Waals surface area contributed by atoms with Gasteiger partial charge in [0.15, 0.2) is 11.6 Å². The number of carbonyl (C=O) groups is 1. The minimum atomic E-state index is -1.24. The van der Waals surface area contributed by atoms with E-state index in [1.165, 1.54) is 74.5 Å². The van der Waals surface area contributed by atoms with E-state index in [1.54, 1.807) is 6.07 Å². The van der Waals surface area contributed by atoms with Gasteiger partial charge in [-0.25, -0.2) is 13.2 Å². The summed E-state index contributed by atoms with van der Waals surface area (Å²) in [6.45, 7) is 0.910. The van der Waals surface area contributed by atoms with Crippen LogP contribution in [0.15, 0.2) is 30.3 Å². The first-order valence-electron chi connectivity index (χ1n) is 13.7. The van der Waals surface area contributed by atoms with Gasteiger partial charge in [-0.15, -0.1) is 0 Å². The summed E-state index contributed by atoms with van der Waals surface area (Å²) in [6.07, 6.45) is 11.5. The Kier molecular flexibility index (Phi) is 8.54. The van der Waals surface area contributed by atoms with Crippen LogP contribution in [0.3, 0.4) is 0 Å². The summed E-state index contributed by atoms with van der Waals surface area (Å²) in [7, 11) is 0. The van der Waals surface area contributed by atoms with Crippen molar-refractivity contribution < 1.29 is 23.1 Å². The summed E-state index contributed by atoms with van der Waals surface area (Å²) in [5.41, 5.74) is -1.35. The van der Waals surface area contributed by atoms with Crippen LogP contribution in [0.5, 0.6) is 0 Å². The van der Waals surface area contributed by atoms with Crippen molar-refractivity contribution in [2.45, 2.75) is 69.4 Å². The van der Waals surface area contributed by atoms with Crippen molar-refractivity contribution in [1.29, 1.82) is 0 Å². The molecule has 5 rings (SSSR count).